The summed E-state index contributed by atoms with van der Waals surface area (Å²) in [6, 6.07) is 6.49. The fourth-order valence-electron chi connectivity index (χ4n) is 2.40. The molecule has 5 heteroatoms. The molecule has 0 amide bonds. The largest absolute Gasteiger partial charge is 0.290 e. The molecule has 1 aromatic heterocycles. The zero-order chi connectivity index (χ0) is 15.0. The topological polar surface area (TPSA) is 34.9 Å². The van der Waals surface area contributed by atoms with Crippen LogP contribution in [0.2, 0.25) is 0 Å². The lowest BCUT2D eigenvalue weighted by atomic mass is 10.1. The molecule has 0 N–H and O–H groups in total. The van der Waals surface area contributed by atoms with E-state index < -0.39 is 0 Å². The number of aromatic nitrogens is 2. The molecule has 0 saturated heterocycles. The molecule has 1 aliphatic rings. The van der Waals surface area contributed by atoms with Crippen molar-refractivity contribution in [2.75, 3.05) is 5.75 Å². The first-order valence-electron chi connectivity index (χ1n) is 6.98. The van der Waals surface area contributed by atoms with Crippen LogP contribution in [0.4, 0.5) is 0 Å². The molecule has 21 heavy (non-hydrogen) atoms. The summed E-state index contributed by atoms with van der Waals surface area (Å²) in [7, 11) is 1.82. The van der Waals surface area contributed by atoms with Crippen molar-refractivity contribution in [2.24, 2.45) is 7.05 Å². The molecule has 0 spiro atoms. The summed E-state index contributed by atoms with van der Waals surface area (Å²) in [6.45, 7) is 4.23. The molecule has 110 valence electrons. The van der Waals surface area contributed by atoms with Gasteiger partial charge < -0.3 is 0 Å². The SMILES string of the molecule is Cc1ccc(C)c(CSc2nc3c(c(=O)n2C)SCC3)c1. The standard InChI is InChI=1S/C16H18N2OS2/c1-10-4-5-11(2)12(8-10)9-21-16-17-13-6-7-20-14(13)15(19)18(16)3/h4-5,8H,6-7,9H2,1-3H3. The first-order chi connectivity index (χ1) is 10.1. The Hall–Kier alpha value is -1.20. The van der Waals surface area contributed by atoms with Crippen molar-refractivity contribution in [2.45, 2.75) is 36.1 Å². The summed E-state index contributed by atoms with van der Waals surface area (Å²) in [6.07, 6.45) is 0.910. The van der Waals surface area contributed by atoms with E-state index in [-0.39, 0.29) is 5.56 Å². The quantitative estimate of drug-likeness (QED) is 0.642. The smallest absolute Gasteiger partial charge is 0.267 e. The Kier molecular flexibility index (Phi) is 4.13. The molecule has 2 heterocycles. The van der Waals surface area contributed by atoms with Gasteiger partial charge in [-0.25, -0.2) is 4.98 Å². The normalized spacial score (nSPS) is 13.5. The third-order valence-electron chi connectivity index (χ3n) is 3.73. The van der Waals surface area contributed by atoms with Crippen molar-refractivity contribution in [1.82, 2.24) is 9.55 Å². The number of rotatable bonds is 3. The highest BCUT2D eigenvalue weighted by atomic mass is 32.2. The lowest BCUT2D eigenvalue weighted by Crippen LogP contribution is -2.22. The fourth-order valence-corrected chi connectivity index (χ4v) is 4.52. The van der Waals surface area contributed by atoms with E-state index in [4.69, 9.17) is 0 Å². The monoisotopic (exact) mass is 318 g/mol. The summed E-state index contributed by atoms with van der Waals surface area (Å²) in [5.41, 5.74) is 4.94. The van der Waals surface area contributed by atoms with Gasteiger partial charge in [0.25, 0.3) is 5.56 Å². The van der Waals surface area contributed by atoms with Crippen LogP contribution >= 0.6 is 23.5 Å². The van der Waals surface area contributed by atoms with Gasteiger partial charge in [-0.3, -0.25) is 9.36 Å². The highest BCUT2D eigenvalue weighted by Gasteiger charge is 2.20. The molecule has 0 radical (unpaired) electrons. The zero-order valence-corrected chi connectivity index (χ0v) is 14.1. The predicted octanol–water partition coefficient (Wildman–Crippen LogP) is 3.34. The van der Waals surface area contributed by atoms with Gasteiger partial charge in [0.15, 0.2) is 5.16 Å². The third-order valence-corrected chi connectivity index (χ3v) is 5.91. The second-order valence-corrected chi connectivity index (χ2v) is 7.40. The van der Waals surface area contributed by atoms with Gasteiger partial charge in [0, 0.05) is 25.0 Å². The molecular formula is C16H18N2OS2. The van der Waals surface area contributed by atoms with Gasteiger partial charge >= 0.3 is 0 Å². The number of hydrogen-bond acceptors (Lipinski definition) is 4. The Balaban J connectivity index is 1.87. The van der Waals surface area contributed by atoms with Gasteiger partial charge in [-0.2, -0.15) is 0 Å². The van der Waals surface area contributed by atoms with Crippen molar-refractivity contribution in [3.8, 4) is 0 Å². The number of nitrogens with zero attached hydrogens (tertiary/aromatic N) is 2. The molecule has 0 atom stereocenters. The summed E-state index contributed by atoms with van der Waals surface area (Å²) in [5, 5.41) is 0.821. The molecule has 1 aliphatic heterocycles. The maximum atomic E-state index is 12.3. The van der Waals surface area contributed by atoms with Crippen molar-refractivity contribution in [1.29, 1.82) is 0 Å². The van der Waals surface area contributed by atoms with Crippen LogP contribution in [0.25, 0.3) is 0 Å². The first-order valence-corrected chi connectivity index (χ1v) is 8.95. The Labute approximate surface area is 133 Å². The van der Waals surface area contributed by atoms with Crippen LogP contribution in [0.1, 0.15) is 22.4 Å². The predicted molar refractivity (Wildman–Crippen MR) is 89.4 cm³/mol. The maximum Gasteiger partial charge on any atom is 0.267 e. The summed E-state index contributed by atoms with van der Waals surface area (Å²) < 4.78 is 1.69. The van der Waals surface area contributed by atoms with Crippen molar-refractivity contribution in [3.63, 3.8) is 0 Å². The van der Waals surface area contributed by atoms with E-state index in [1.165, 1.54) is 16.7 Å². The Morgan fingerprint density at radius 3 is 3.00 bits per heavy atom. The lowest BCUT2D eigenvalue weighted by Gasteiger charge is -2.10. The van der Waals surface area contributed by atoms with Gasteiger partial charge in [-0.1, -0.05) is 35.5 Å². The molecule has 0 fully saturated rings. The van der Waals surface area contributed by atoms with Gasteiger partial charge in [-0.15, -0.1) is 11.8 Å². The van der Waals surface area contributed by atoms with Crippen LogP contribution in [-0.2, 0) is 19.2 Å². The summed E-state index contributed by atoms with van der Waals surface area (Å²) in [4.78, 5) is 17.8. The molecule has 3 rings (SSSR count). The molecule has 0 saturated carbocycles. The maximum absolute atomic E-state index is 12.3. The zero-order valence-electron chi connectivity index (χ0n) is 12.5. The van der Waals surface area contributed by atoms with Crippen LogP contribution in [0.15, 0.2) is 33.0 Å². The molecule has 1 aromatic carbocycles. The van der Waals surface area contributed by atoms with E-state index in [1.54, 1.807) is 28.1 Å². The second kappa shape index (κ2) is 5.89. The van der Waals surface area contributed by atoms with Crippen molar-refractivity contribution in [3.05, 3.63) is 50.9 Å². The minimum atomic E-state index is 0.103. The van der Waals surface area contributed by atoms with E-state index >= 15 is 0 Å². The number of thioether (sulfide) groups is 2. The highest BCUT2D eigenvalue weighted by Crippen LogP contribution is 2.29. The fraction of sp³-hybridized carbons (Fsp3) is 0.375. The van der Waals surface area contributed by atoms with Crippen LogP contribution in [-0.4, -0.2) is 15.3 Å². The van der Waals surface area contributed by atoms with Crippen LogP contribution < -0.4 is 5.56 Å². The molecule has 0 bridgehead atoms. The van der Waals surface area contributed by atoms with E-state index in [9.17, 15) is 4.79 Å². The first kappa shape index (κ1) is 14.7. The van der Waals surface area contributed by atoms with E-state index in [0.29, 0.717) is 0 Å². The second-order valence-electron chi connectivity index (χ2n) is 5.35. The minimum absolute atomic E-state index is 0.103. The number of fused-ring (bicyclic) bond motifs is 1. The number of aryl methyl sites for hydroxylation is 3. The molecule has 0 unspecified atom stereocenters. The van der Waals surface area contributed by atoms with Gasteiger partial charge in [0.05, 0.1) is 10.6 Å². The number of benzene rings is 1. The average Bonchev–Trinajstić information content (AvgIpc) is 2.93. The van der Waals surface area contributed by atoms with Gasteiger partial charge in [0.1, 0.15) is 0 Å². The lowest BCUT2D eigenvalue weighted by molar-refractivity contribution is 0.669. The van der Waals surface area contributed by atoms with Gasteiger partial charge in [-0.05, 0) is 25.0 Å². The Morgan fingerprint density at radius 1 is 1.38 bits per heavy atom. The molecule has 3 nitrogen and oxygen atoms in total. The molecule has 0 aliphatic carbocycles. The Morgan fingerprint density at radius 2 is 2.19 bits per heavy atom. The van der Waals surface area contributed by atoms with Crippen LogP contribution in [0.5, 0.6) is 0 Å². The number of hydrogen-bond donors (Lipinski definition) is 0. The third kappa shape index (κ3) is 2.90. The van der Waals surface area contributed by atoms with E-state index in [2.05, 4.69) is 37.0 Å². The molecular weight excluding hydrogens is 300 g/mol. The minimum Gasteiger partial charge on any atom is -0.290 e. The average molecular weight is 318 g/mol. The van der Waals surface area contributed by atoms with E-state index in [0.717, 1.165) is 33.7 Å². The van der Waals surface area contributed by atoms with Gasteiger partial charge in [0.2, 0.25) is 0 Å². The Bertz CT molecular complexity index is 753. The molecule has 2 aromatic rings. The highest BCUT2D eigenvalue weighted by molar-refractivity contribution is 7.99. The van der Waals surface area contributed by atoms with Crippen molar-refractivity contribution < 1.29 is 0 Å². The summed E-state index contributed by atoms with van der Waals surface area (Å²) in [5.74, 6) is 1.82. The van der Waals surface area contributed by atoms with E-state index in [1.807, 2.05) is 7.05 Å². The summed E-state index contributed by atoms with van der Waals surface area (Å²) >= 11 is 3.28. The van der Waals surface area contributed by atoms with Crippen LogP contribution in [0.3, 0.4) is 0 Å². The van der Waals surface area contributed by atoms with Crippen molar-refractivity contribution >= 4 is 23.5 Å². The van der Waals surface area contributed by atoms with Crippen LogP contribution in [0, 0.1) is 13.8 Å².